The van der Waals surface area contributed by atoms with E-state index in [1.54, 1.807) is 11.8 Å². The molecule has 5 nitrogen and oxygen atoms in total. The van der Waals surface area contributed by atoms with Crippen molar-refractivity contribution >= 4 is 17.7 Å². The number of thioether (sulfide) groups is 1. The van der Waals surface area contributed by atoms with Gasteiger partial charge in [-0.2, -0.15) is 0 Å². The Kier molecular flexibility index (Phi) is 4.79. The van der Waals surface area contributed by atoms with E-state index in [4.69, 9.17) is 0 Å². The first kappa shape index (κ1) is 16.6. The normalized spacial score (nSPS) is 18.1. The highest BCUT2D eigenvalue weighted by Crippen LogP contribution is 2.46. The molecule has 1 N–H and O–H groups in total. The molecule has 1 atom stereocenters. The number of aromatic nitrogens is 3. The van der Waals surface area contributed by atoms with Gasteiger partial charge >= 0.3 is 0 Å². The third-order valence-corrected chi connectivity index (χ3v) is 6.09. The fourth-order valence-corrected chi connectivity index (χ4v) is 4.07. The minimum absolute atomic E-state index is 0.0784. The molecule has 0 aliphatic heterocycles. The molecule has 0 spiro atoms. The highest BCUT2D eigenvalue weighted by molar-refractivity contribution is 8.00. The van der Waals surface area contributed by atoms with Gasteiger partial charge in [0, 0.05) is 18.5 Å². The van der Waals surface area contributed by atoms with E-state index in [0.717, 1.165) is 23.0 Å². The summed E-state index contributed by atoms with van der Waals surface area (Å²) in [6.07, 6.45) is 5.65. The number of carbonyl (C=O) groups is 1. The summed E-state index contributed by atoms with van der Waals surface area (Å²) in [6, 6.07) is 10.6. The van der Waals surface area contributed by atoms with E-state index in [1.807, 2.05) is 30.3 Å². The van der Waals surface area contributed by atoms with Crippen LogP contribution in [-0.4, -0.2) is 25.9 Å². The molecule has 2 saturated carbocycles. The standard InChI is InChI=1S/C19H24N4OS/c1-2-16(18(24)20-12-13-6-4-3-5-7-13)25-19-22-21-17(14-8-9-14)23(19)15-10-11-15/h3-7,14-16H,2,8-12H2,1H3,(H,20,24)/t16-/m0/s1. The van der Waals surface area contributed by atoms with Crippen molar-refractivity contribution < 1.29 is 4.79 Å². The highest BCUT2D eigenvalue weighted by Gasteiger charge is 2.37. The SMILES string of the molecule is CC[C@H](Sc1nnc(C2CC2)n1C1CC1)C(=O)NCc1ccccc1. The summed E-state index contributed by atoms with van der Waals surface area (Å²) < 4.78 is 2.31. The van der Waals surface area contributed by atoms with Crippen LogP contribution in [0.3, 0.4) is 0 Å². The second kappa shape index (κ2) is 7.20. The quantitative estimate of drug-likeness (QED) is 0.733. The van der Waals surface area contributed by atoms with E-state index in [9.17, 15) is 4.79 Å². The molecule has 1 aromatic carbocycles. The Morgan fingerprint density at radius 2 is 2.00 bits per heavy atom. The van der Waals surface area contributed by atoms with Crippen molar-refractivity contribution in [3.63, 3.8) is 0 Å². The summed E-state index contributed by atoms with van der Waals surface area (Å²) >= 11 is 1.57. The molecule has 2 aliphatic rings. The van der Waals surface area contributed by atoms with E-state index < -0.39 is 0 Å². The highest BCUT2D eigenvalue weighted by atomic mass is 32.2. The van der Waals surface area contributed by atoms with Gasteiger partial charge in [-0.1, -0.05) is 49.0 Å². The van der Waals surface area contributed by atoms with Gasteiger partial charge in [0.05, 0.1) is 5.25 Å². The second-order valence-corrected chi connectivity index (χ2v) is 8.10. The Morgan fingerprint density at radius 1 is 1.24 bits per heavy atom. The van der Waals surface area contributed by atoms with Crippen LogP contribution in [0.1, 0.15) is 62.4 Å². The van der Waals surface area contributed by atoms with Gasteiger partial charge in [0.15, 0.2) is 5.16 Å². The number of nitrogens with zero attached hydrogens (tertiary/aromatic N) is 3. The van der Waals surface area contributed by atoms with Crippen molar-refractivity contribution in [3.05, 3.63) is 41.7 Å². The summed E-state index contributed by atoms with van der Waals surface area (Å²) in [7, 11) is 0. The van der Waals surface area contributed by atoms with Crippen molar-refractivity contribution in [2.45, 2.75) is 67.9 Å². The third-order valence-electron chi connectivity index (χ3n) is 4.77. The van der Waals surface area contributed by atoms with Crippen LogP contribution in [0.2, 0.25) is 0 Å². The largest absolute Gasteiger partial charge is 0.351 e. The van der Waals surface area contributed by atoms with Crippen LogP contribution in [0.15, 0.2) is 35.5 Å². The van der Waals surface area contributed by atoms with Gasteiger partial charge < -0.3 is 9.88 Å². The van der Waals surface area contributed by atoms with Crippen molar-refractivity contribution in [3.8, 4) is 0 Å². The van der Waals surface area contributed by atoms with Crippen LogP contribution in [-0.2, 0) is 11.3 Å². The van der Waals surface area contributed by atoms with Gasteiger partial charge in [-0.25, -0.2) is 0 Å². The molecule has 0 saturated heterocycles. The predicted molar refractivity (Wildman–Crippen MR) is 98.5 cm³/mol. The van der Waals surface area contributed by atoms with Crippen LogP contribution in [0.25, 0.3) is 0 Å². The van der Waals surface area contributed by atoms with Gasteiger partial charge in [0.2, 0.25) is 5.91 Å². The summed E-state index contributed by atoms with van der Waals surface area (Å²) in [5, 5.41) is 12.7. The van der Waals surface area contributed by atoms with E-state index >= 15 is 0 Å². The third kappa shape index (κ3) is 3.89. The van der Waals surface area contributed by atoms with Gasteiger partial charge in [-0.3, -0.25) is 4.79 Å². The molecule has 1 heterocycles. The number of amides is 1. The number of hydrogen-bond donors (Lipinski definition) is 1. The van der Waals surface area contributed by atoms with Crippen LogP contribution < -0.4 is 5.32 Å². The Hall–Kier alpha value is -1.82. The first-order chi connectivity index (χ1) is 12.3. The lowest BCUT2D eigenvalue weighted by Gasteiger charge is -2.15. The molecule has 6 heteroatoms. The fraction of sp³-hybridized carbons (Fsp3) is 0.526. The number of hydrogen-bond acceptors (Lipinski definition) is 4. The Morgan fingerprint density at radius 3 is 2.64 bits per heavy atom. The molecular formula is C19H24N4OS. The van der Waals surface area contributed by atoms with Gasteiger partial charge in [-0.15, -0.1) is 10.2 Å². The first-order valence-corrected chi connectivity index (χ1v) is 10.1. The number of carbonyl (C=O) groups excluding carboxylic acids is 1. The fourth-order valence-electron chi connectivity index (χ4n) is 3.01. The van der Waals surface area contributed by atoms with Crippen molar-refractivity contribution in [1.82, 2.24) is 20.1 Å². The van der Waals surface area contributed by atoms with E-state index in [-0.39, 0.29) is 11.2 Å². The van der Waals surface area contributed by atoms with E-state index in [2.05, 4.69) is 27.0 Å². The van der Waals surface area contributed by atoms with Crippen molar-refractivity contribution in [2.24, 2.45) is 0 Å². The lowest BCUT2D eigenvalue weighted by Crippen LogP contribution is -2.32. The average Bonchev–Trinajstić information content (AvgIpc) is 3.57. The van der Waals surface area contributed by atoms with Crippen LogP contribution >= 0.6 is 11.8 Å². The molecule has 1 amide bonds. The topological polar surface area (TPSA) is 59.8 Å². The minimum atomic E-state index is -0.127. The summed E-state index contributed by atoms with van der Waals surface area (Å²) in [4.78, 5) is 12.6. The summed E-state index contributed by atoms with van der Waals surface area (Å²) in [5.74, 6) is 1.81. The van der Waals surface area contributed by atoms with Gasteiger partial charge in [0.25, 0.3) is 0 Å². The molecule has 2 fully saturated rings. The maximum absolute atomic E-state index is 12.6. The smallest absolute Gasteiger partial charge is 0.233 e. The van der Waals surface area contributed by atoms with Crippen LogP contribution in [0.4, 0.5) is 0 Å². The Balaban J connectivity index is 1.42. The average molecular weight is 356 g/mol. The van der Waals surface area contributed by atoms with Gasteiger partial charge in [-0.05, 0) is 37.7 Å². The Labute approximate surface area is 152 Å². The second-order valence-electron chi connectivity index (χ2n) is 6.93. The van der Waals surface area contributed by atoms with Crippen LogP contribution in [0, 0.1) is 0 Å². The van der Waals surface area contributed by atoms with Crippen molar-refractivity contribution in [1.29, 1.82) is 0 Å². The molecule has 0 bridgehead atoms. The molecule has 2 aromatic rings. The first-order valence-electron chi connectivity index (χ1n) is 9.19. The minimum Gasteiger partial charge on any atom is -0.351 e. The number of nitrogens with one attached hydrogen (secondary N) is 1. The van der Waals surface area contributed by atoms with E-state index in [1.165, 1.54) is 25.7 Å². The number of rotatable bonds is 8. The predicted octanol–water partition coefficient (Wildman–Crippen LogP) is 3.68. The molecule has 0 radical (unpaired) electrons. The van der Waals surface area contributed by atoms with Crippen molar-refractivity contribution in [2.75, 3.05) is 0 Å². The lowest BCUT2D eigenvalue weighted by atomic mass is 10.2. The Bertz CT molecular complexity index is 737. The molecule has 132 valence electrons. The van der Waals surface area contributed by atoms with Gasteiger partial charge in [0.1, 0.15) is 5.82 Å². The summed E-state index contributed by atoms with van der Waals surface area (Å²) in [5.41, 5.74) is 1.12. The molecule has 2 aliphatic carbocycles. The monoisotopic (exact) mass is 356 g/mol. The molecule has 25 heavy (non-hydrogen) atoms. The zero-order valence-electron chi connectivity index (χ0n) is 14.5. The lowest BCUT2D eigenvalue weighted by molar-refractivity contribution is -0.120. The zero-order chi connectivity index (χ0) is 17.2. The van der Waals surface area contributed by atoms with Crippen LogP contribution in [0.5, 0.6) is 0 Å². The number of benzene rings is 1. The molecule has 1 aromatic heterocycles. The zero-order valence-corrected chi connectivity index (χ0v) is 15.3. The molecule has 4 rings (SSSR count). The van der Waals surface area contributed by atoms with E-state index in [0.29, 0.717) is 18.5 Å². The molecular weight excluding hydrogens is 332 g/mol. The molecule has 0 unspecified atom stereocenters. The maximum Gasteiger partial charge on any atom is 0.233 e. The summed E-state index contributed by atoms with van der Waals surface area (Å²) in [6.45, 7) is 2.62. The maximum atomic E-state index is 12.6.